The Morgan fingerprint density at radius 3 is 2.62 bits per heavy atom. The summed E-state index contributed by atoms with van der Waals surface area (Å²) in [7, 11) is 1.66. The van der Waals surface area contributed by atoms with Gasteiger partial charge < -0.3 is 9.64 Å². The average Bonchev–Trinajstić information content (AvgIpc) is 2.69. The molecule has 0 saturated carbocycles. The van der Waals surface area contributed by atoms with Crippen LogP contribution in [0.2, 0.25) is 0 Å². The maximum atomic E-state index is 11.9. The van der Waals surface area contributed by atoms with Crippen LogP contribution in [0.5, 0.6) is 5.75 Å². The van der Waals surface area contributed by atoms with Crippen molar-refractivity contribution in [3.63, 3.8) is 0 Å². The highest BCUT2D eigenvalue weighted by Crippen LogP contribution is 2.27. The number of methoxy groups -OCH3 is 1. The minimum Gasteiger partial charge on any atom is -0.497 e. The predicted molar refractivity (Wildman–Crippen MR) is 62.1 cm³/mol. The topological polar surface area (TPSA) is 29.5 Å². The van der Waals surface area contributed by atoms with Gasteiger partial charge in [0.25, 0.3) is 0 Å². The Labute approximate surface area is 96.0 Å². The summed E-state index contributed by atoms with van der Waals surface area (Å²) in [5.74, 6) is 1.14. The van der Waals surface area contributed by atoms with Crippen LogP contribution in [0.1, 0.15) is 25.0 Å². The molecule has 0 unspecified atom stereocenters. The van der Waals surface area contributed by atoms with E-state index in [4.69, 9.17) is 4.74 Å². The molecule has 0 spiro atoms. The molecule has 3 nitrogen and oxygen atoms in total. The summed E-state index contributed by atoms with van der Waals surface area (Å²) < 4.78 is 5.18. The van der Waals surface area contributed by atoms with Crippen molar-refractivity contribution in [3.05, 3.63) is 29.3 Å². The van der Waals surface area contributed by atoms with Crippen molar-refractivity contribution in [1.29, 1.82) is 0 Å². The van der Waals surface area contributed by atoms with Gasteiger partial charge >= 0.3 is 0 Å². The van der Waals surface area contributed by atoms with E-state index < -0.39 is 0 Å². The zero-order valence-electron chi connectivity index (χ0n) is 9.99. The van der Waals surface area contributed by atoms with E-state index in [1.807, 2.05) is 36.9 Å². The van der Waals surface area contributed by atoms with Gasteiger partial charge in [-0.15, -0.1) is 0 Å². The second-order valence-corrected chi connectivity index (χ2v) is 4.48. The molecular formula is C13H17NO2. The van der Waals surface area contributed by atoms with Gasteiger partial charge in [0.1, 0.15) is 5.75 Å². The lowest BCUT2D eigenvalue weighted by Crippen LogP contribution is -2.29. The minimum absolute atomic E-state index is 0.0659. The molecule has 1 amide bonds. The van der Waals surface area contributed by atoms with E-state index in [-0.39, 0.29) is 11.8 Å². The molecule has 1 aliphatic rings. The van der Waals surface area contributed by atoms with Crippen LogP contribution in [0.3, 0.4) is 0 Å². The van der Waals surface area contributed by atoms with E-state index in [2.05, 4.69) is 0 Å². The number of amides is 1. The van der Waals surface area contributed by atoms with Gasteiger partial charge in [0.15, 0.2) is 0 Å². The van der Waals surface area contributed by atoms with Crippen LogP contribution in [-0.4, -0.2) is 17.9 Å². The molecular weight excluding hydrogens is 202 g/mol. The Bertz CT molecular complexity index is 412. The maximum absolute atomic E-state index is 11.9. The second-order valence-electron chi connectivity index (χ2n) is 4.48. The van der Waals surface area contributed by atoms with Gasteiger partial charge in [0, 0.05) is 19.0 Å². The number of rotatable bonds is 2. The van der Waals surface area contributed by atoms with Gasteiger partial charge in [0.05, 0.1) is 7.11 Å². The summed E-state index contributed by atoms with van der Waals surface area (Å²) in [5.41, 5.74) is 2.43. The normalized spacial score (nSPS) is 14.1. The van der Waals surface area contributed by atoms with Crippen molar-refractivity contribution in [2.24, 2.45) is 5.92 Å². The fraction of sp³-hybridized carbons (Fsp3) is 0.462. The largest absolute Gasteiger partial charge is 0.497 e. The number of carbonyl (C=O) groups is 1. The number of hydrogen-bond donors (Lipinski definition) is 0. The van der Waals surface area contributed by atoms with Crippen LogP contribution in [0, 0.1) is 5.92 Å². The van der Waals surface area contributed by atoms with Crippen molar-refractivity contribution in [2.45, 2.75) is 26.9 Å². The first kappa shape index (κ1) is 11.0. The zero-order valence-corrected chi connectivity index (χ0v) is 9.99. The van der Waals surface area contributed by atoms with Gasteiger partial charge in [0.2, 0.25) is 5.91 Å². The number of benzene rings is 1. The summed E-state index contributed by atoms with van der Waals surface area (Å²) in [4.78, 5) is 13.8. The third kappa shape index (κ3) is 1.90. The first-order valence-corrected chi connectivity index (χ1v) is 5.56. The highest BCUT2D eigenvalue weighted by molar-refractivity contribution is 5.78. The summed E-state index contributed by atoms with van der Waals surface area (Å²) in [6, 6.07) is 6.01. The van der Waals surface area contributed by atoms with Gasteiger partial charge in [-0.25, -0.2) is 0 Å². The molecule has 0 saturated heterocycles. The van der Waals surface area contributed by atoms with Crippen molar-refractivity contribution >= 4 is 5.91 Å². The number of fused-ring (bicyclic) bond motifs is 1. The molecule has 0 fully saturated rings. The molecule has 0 bridgehead atoms. The standard InChI is InChI=1S/C13H17NO2/c1-9(2)13(15)14-7-10-4-5-12(16-3)6-11(10)8-14/h4-6,9H,7-8H2,1-3H3. The Hall–Kier alpha value is -1.51. The highest BCUT2D eigenvalue weighted by Gasteiger charge is 2.24. The molecule has 0 aromatic heterocycles. The third-order valence-corrected chi connectivity index (χ3v) is 2.94. The van der Waals surface area contributed by atoms with Crippen LogP contribution in [0.25, 0.3) is 0 Å². The van der Waals surface area contributed by atoms with Gasteiger partial charge in [-0.2, -0.15) is 0 Å². The molecule has 0 atom stereocenters. The van der Waals surface area contributed by atoms with E-state index in [1.165, 1.54) is 11.1 Å². The van der Waals surface area contributed by atoms with E-state index >= 15 is 0 Å². The lowest BCUT2D eigenvalue weighted by molar-refractivity contribution is -0.135. The van der Waals surface area contributed by atoms with E-state index in [9.17, 15) is 4.79 Å². The summed E-state index contributed by atoms with van der Waals surface area (Å²) in [6.07, 6.45) is 0. The summed E-state index contributed by atoms with van der Waals surface area (Å²) >= 11 is 0. The maximum Gasteiger partial charge on any atom is 0.225 e. The Morgan fingerprint density at radius 1 is 1.31 bits per heavy atom. The van der Waals surface area contributed by atoms with Crippen LogP contribution >= 0.6 is 0 Å². The fourth-order valence-electron chi connectivity index (χ4n) is 2.02. The zero-order chi connectivity index (χ0) is 11.7. The molecule has 86 valence electrons. The molecule has 2 rings (SSSR count). The molecule has 0 aliphatic carbocycles. The lowest BCUT2D eigenvalue weighted by atomic mass is 10.1. The smallest absolute Gasteiger partial charge is 0.225 e. The highest BCUT2D eigenvalue weighted by atomic mass is 16.5. The van der Waals surface area contributed by atoms with Crippen molar-refractivity contribution in [3.8, 4) is 5.75 Å². The van der Waals surface area contributed by atoms with Gasteiger partial charge in [-0.05, 0) is 23.3 Å². The molecule has 1 heterocycles. The van der Waals surface area contributed by atoms with E-state index in [0.717, 1.165) is 12.3 Å². The SMILES string of the molecule is COc1ccc2c(c1)CN(C(=O)C(C)C)C2. The Balaban J connectivity index is 2.18. The van der Waals surface area contributed by atoms with E-state index in [1.54, 1.807) is 7.11 Å². The molecule has 1 aromatic carbocycles. The minimum atomic E-state index is 0.0659. The number of carbonyl (C=O) groups excluding carboxylic acids is 1. The second kappa shape index (κ2) is 4.16. The molecule has 1 aliphatic heterocycles. The third-order valence-electron chi connectivity index (χ3n) is 2.94. The lowest BCUT2D eigenvalue weighted by Gasteiger charge is -2.17. The average molecular weight is 219 g/mol. The quantitative estimate of drug-likeness (QED) is 0.763. The number of ether oxygens (including phenoxy) is 1. The summed E-state index contributed by atoms with van der Waals surface area (Å²) in [5, 5.41) is 0. The first-order chi connectivity index (χ1) is 7.61. The van der Waals surface area contributed by atoms with Crippen LogP contribution in [0.4, 0.5) is 0 Å². The molecule has 0 N–H and O–H groups in total. The Morgan fingerprint density at radius 2 is 2.00 bits per heavy atom. The van der Waals surface area contributed by atoms with E-state index in [0.29, 0.717) is 6.54 Å². The van der Waals surface area contributed by atoms with Crippen molar-refractivity contribution < 1.29 is 9.53 Å². The predicted octanol–water partition coefficient (Wildman–Crippen LogP) is 2.19. The molecule has 0 radical (unpaired) electrons. The molecule has 3 heteroatoms. The van der Waals surface area contributed by atoms with Crippen molar-refractivity contribution in [1.82, 2.24) is 4.90 Å². The Kier molecular flexibility index (Phi) is 2.86. The first-order valence-electron chi connectivity index (χ1n) is 5.56. The van der Waals surface area contributed by atoms with Crippen LogP contribution in [-0.2, 0) is 17.9 Å². The van der Waals surface area contributed by atoms with Gasteiger partial charge in [-0.3, -0.25) is 4.79 Å². The number of nitrogens with zero attached hydrogens (tertiary/aromatic N) is 1. The van der Waals surface area contributed by atoms with Crippen LogP contribution in [0.15, 0.2) is 18.2 Å². The van der Waals surface area contributed by atoms with Gasteiger partial charge in [-0.1, -0.05) is 19.9 Å². The monoisotopic (exact) mass is 219 g/mol. The van der Waals surface area contributed by atoms with Crippen LogP contribution < -0.4 is 4.74 Å². The van der Waals surface area contributed by atoms with Crippen molar-refractivity contribution in [2.75, 3.05) is 7.11 Å². The molecule has 1 aromatic rings. The fourth-order valence-corrected chi connectivity index (χ4v) is 2.02. The summed E-state index contributed by atoms with van der Waals surface area (Å²) in [6.45, 7) is 5.32. The number of hydrogen-bond acceptors (Lipinski definition) is 2. The molecule has 16 heavy (non-hydrogen) atoms.